The van der Waals surface area contributed by atoms with Gasteiger partial charge in [0.1, 0.15) is 3.41 Å². The molecule has 68 valence electrons. The molecule has 0 aromatic rings. The summed E-state index contributed by atoms with van der Waals surface area (Å²) in [4.78, 5) is 0. The molecule has 0 radical (unpaired) electrons. The molecule has 0 spiro atoms. The van der Waals surface area contributed by atoms with E-state index in [0.717, 1.165) is 9.16 Å². The quantitative estimate of drug-likeness (QED) is 0.626. The molecule has 0 aromatic carbocycles. The summed E-state index contributed by atoms with van der Waals surface area (Å²) in [7, 11) is 0. The third kappa shape index (κ3) is 1.25. The maximum atomic E-state index is 2.47. The van der Waals surface area contributed by atoms with E-state index in [9.17, 15) is 0 Å². The van der Waals surface area contributed by atoms with Crippen LogP contribution in [0.2, 0.25) is 0 Å². The van der Waals surface area contributed by atoms with Crippen molar-refractivity contribution in [1.29, 1.82) is 0 Å². The fourth-order valence-electron chi connectivity index (χ4n) is 2.28. The SMILES string of the molecule is CC12CC3SC(C1)SC(C)(S3)S2. The maximum Gasteiger partial charge on any atom is 0.106 e. The molecule has 2 unspecified atom stereocenters. The Morgan fingerprint density at radius 2 is 1.67 bits per heavy atom. The van der Waals surface area contributed by atoms with E-state index in [-0.39, 0.29) is 0 Å². The van der Waals surface area contributed by atoms with Crippen molar-refractivity contribution in [2.45, 2.75) is 44.0 Å². The van der Waals surface area contributed by atoms with Gasteiger partial charge in [-0.15, -0.1) is 47.0 Å². The first kappa shape index (κ1) is 8.69. The zero-order chi connectivity index (χ0) is 8.40. The molecule has 4 aliphatic rings. The molecular weight excluding hydrogens is 224 g/mol. The predicted molar refractivity (Wildman–Crippen MR) is 64.0 cm³/mol. The minimum absolute atomic E-state index is 0.492. The van der Waals surface area contributed by atoms with Crippen LogP contribution in [0.25, 0.3) is 0 Å². The van der Waals surface area contributed by atoms with E-state index in [1.807, 2.05) is 0 Å². The molecule has 12 heavy (non-hydrogen) atoms. The smallest absolute Gasteiger partial charge is 0.106 e. The van der Waals surface area contributed by atoms with E-state index in [4.69, 9.17) is 0 Å². The van der Waals surface area contributed by atoms with E-state index in [0.29, 0.717) is 8.16 Å². The number of rotatable bonds is 0. The van der Waals surface area contributed by atoms with Crippen LogP contribution in [0, 0.1) is 0 Å². The van der Waals surface area contributed by atoms with Gasteiger partial charge in [-0.05, 0) is 19.8 Å². The second-order valence-electron chi connectivity index (χ2n) is 4.05. The van der Waals surface area contributed by atoms with Gasteiger partial charge in [0.15, 0.2) is 0 Å². The molecule has 4 saturated heterocycles. The second kappa shape index (κ2) is 2.50. The molecule has 4 heteroatoms. The van der Waals surface area contributed by atoms with Crippen molar-refractivity contribution >= 4 is 47.0 Å². The van der Waals surface area contributed by atoms with Crippen molar-refractivity contribution in [3.8, 4) is 0 Å². The normalized spacial score (nSPS) is 62.5. The summed E-state index contributed by atoms with van der Waals surface area (Å²) in [6, 6.07) is 0. The molecule has 0 amide bonds. The van der Waals surface area contributed by atoms with Crippen molar-refractivity contribution in [2.75, 3.05) is 0 Å². The summed E-state index contributed by atoms with van der Waals surface area (Å²) in [5.41, 5.74) is 0. The molecule has 4 rings (SSSR count). The van der Waals surface area contributed by atoms with E-state index in [1.165, 1.54) is 12.8 Å². The minimum Gasteiger partial charge on any atom is -0.133 e. The predicted octanol–water partition coefficient (Wildman–Crippen LogP) is 3.82. The summed E-state index contributed by atoms with van der Waals surface area (Å²) in [6.45, 7) is 4.89. The minimum atomic E-state index is 0.492. The molecule has 0 nitrogen and oxygen atoms in total. The van der Waals surface area contributed by atoms with Crippen LogP contribution in [0.1, 0.15) is 26.7 Å². The monoisotopic (exact) mass is 236 g/mol. The van der Waals surface area contributed by atoms with Crippen LogP contribution in [0.4, 0.5) is 0 Å². The molecule has 4 aliphatic heterocycles. The van der Waals surface area contributed by atoms with E-state index in [1.54, 1.807) is 0 Å². The van der Waals surface area contributed by atoms with Crippen molar-refractivity contribution in [1.82, 2.24) is 0 Å². The lowest BCUT2D eigenvalue weighted by Gasteiger charge is -2.57. The Labute approximate surface area is 90.8 Å². The van der Waals surface area contributed by atoms with Crippen LogP contribution in [0.3, 0.4) is 0 Å². The highest BCUT2D eigenvalue weighted by Gasteiger charge is 2.56. The number of hydrogen-bond donors (Lipinski definition) is 0. The standard InChI is InChI=1S/C8H12S4/c1-7-3-5-9-6(4-7)11-8(2,10-5)12-7/h5-6H,3-4H2,1-2H3. The average Bonchev–Trinajstić information content (AvgIpc) is 1.75. The van der Waals surface area contributed by atoms with Gasteiger partial charge in [0.25, 0.3) is 0 Å². The molecular formula is C8H12S4. The molecule has 2 atom stereocenters. The molecule has 4 heterocycles. The molecule has 0 aromatic heterocycles. The van der Waals surface area contributed by atoms with Gasteiger partial charge in [-0.1, -0.05) is 6.92 Å². The zero-order valence-electron chi connectivity index (χ0n) is 7.20. The molecule has 0 aliphatic carbocycles. The Balaban J connectivity index is 1.98. The highest BCUT2D eigenvalue weighted by molar-refractivity contribution is 8.43. The first-order valence-corrected chi connectivity index (χ1v) is 7.80. The van der Waals surface area contributed by atoms with Crippen LogP contribution in [-0.4, -0.2) is 17.3 Å². The van der Waals surface area contributed by atoms with Crippen LogP contribution in [0.15, 0.2) is 0 Å². The van der Waals surface area contributed by atoms with Crippen molar-refractivity contribution in [2.24, 2.45) is 0 Å². The Morgan fingerprint density at radius 1 is 1.08 bits per heavy atom. The van der Waals surface area contributed by atoms with Crippen molar-refractivity contribution in [3.63, 3.8) is 0 Å². The molecule has 4 bridgehead atoms. The van der Waals surface area contributed by atoms with Gasteiger partial charge >= 0.3 is 0 Å². The first-order valence-electron chi connectivity index (χ1n) is 4.28. The van der Waals surface area contributed by atoms with Gasteiger partial charge in [0.05, 0.1) is 9.16 Å². The lowest BCUT2D eigenvalue weighted by atomic mass is 10.0. The molecule has 0 saturated carbocycles. The van der Waals surface area contributed by atoms with E-state index in [2.05, 4.69) is 60.9 Å². The number of hydrogen-bond acceptors (Lipinski definition) is 4. The maximum absolute atomic E-state index is 2.47. The Bertz CT molecular complexity index is 193. The summed E-state index contributed by atoms with van der Waals surface area (Å²) < 4.78 is 2.92. The molecule has 4 fully saturated rings. The van der Waals surface area contributed by atoms with Crippen LogP contribution < -0.4 is 0 Å². The first-order chi connectivity index (χ1) is 5.57. The van der Waals surface area contributed by atoms with E-state index < -0.39 is 0 Å². The van der Waals surface area contributed by atoms with Crippen molar-refractivity contribution < 1.29 is 0 Å². The highest BCUT2D eigenvalue weighted by atomic mass is 32.3. The molecule has 0 N–H and O–H groups in total. The van der Waals surface area contributed by atoms with Gasteiger partial charge in [-0.25, -0.2) is 0 Å². The summed E-state index contributed by atoms with van der Waals surface area (Å²) in [6.07, 6.45) is 2.86. The largest absolute Gasteiger partial charge is 0.133 e. The topological polar surface area (TPSA) is 0 Å². The van der Waals surface area contributed by atoms with Gasteiger partial charge in [0, 0.05) is 4.75 Å². The lowest BCUT2D eigenvalue weighted by Crippen LogP contribution is -2.47. The second-order valence-corrected chi connectivity index (χ2v) is 12.1. The van der Waals surface area contributed by atoms with Crippen LogP contribution in [0.5, 0.6) is 0 Å². The van der Waals surface area contributed by atoms with Crippen molar-refractivity contribution in [3.05, 3.63) is 0 Å². The van der Waals surface area contributed by atoms with Gasteiger partial charge in [-0.2, -0.15) is 0 Å². The fraction of sp³-hybridized carbons (Fsp3) is 1.00. The van der Waals surface area contributed by atoms with Crippen LogP contribution in [-0.2, 0) is 0 Å². The fourth-order valence-corrected chi connectivity index (χ4v) is 13.8. The van der Waals surface area contributed by atoms with E-state index >= 15 is 0 Å². The average molecular weight is 236 g/mol. The van der Waals surface area contributed by atoms with Crippen LogP contribution >= 0.6 is 47.0 Å². The van der Waals surface area contributed by atoms with Gasteiger partial charge < -0.3 is 0 Å². The third-order valence-electron chi connectivity index (χ3n) is 2.62. The highest BCUT2D eigenvalue weighted by Crippen LogP contribution is 2.73. The Hall–Kier alpha value is 1.40. The Kier molecular flexibility index (Phi) is 1.81. The summed E-state index contributed by atoms with van der Waals surface area (Å²) >= 11 is 8.84. The summed E-state index contributed by atoms with van der Waals surface area (Å²) in [5, 5.41) is 0. The number of thioether (sulfide) groups is 4. The Morgan fingerprint density at radius 3 is 2.08 bits per heavy atom. The third-order valence-corrected chi connectivity index (χ3v) is 9.37. The van der Waals surface area contributed by atoms with Gasteiger partial charge in [0.2, 0.25) is 0 Å². The van der Waals surface area contributed by atoms with Gasteiger partial charge in [-0.3, -0.25) is 0 Å². The lowest BCUT2D eigenvalue weighted by molar-refractivity contribution is 0.560. The summed E-state index contributed by atoms with van der Waals surface area (Å²) in [5.74, 6) is 0. The zero-order valence-corrected chi connectivity index (χ0v) is 10.5.